The summed E-state index contributed by atoms with van der Waals surface area (Å²) < 4.78 is 0.834. The average molecular weight is 221 g/mol. The zero-order valence-electron chi connectivity index (χ0n) is 9.47. The summed E-state index contributed by atoms with van der Waals surface area (Å²) in [4.78, 5) is 14.8. The Morgan fingerprint density at radius 2 is 2.00 bits per heavy atom. The Kier molecular flexibility index (Phi) is 2.23. The molecule has 2 aromatic rings. The molecule has 0 saturated carbocycles. The lowest BCUT2D eigenvalue weighted by Crippen LogP contribution is -2.21. The summed E-state index contributed by atoms with van der Waals surface area (Å²) >= 11 is 1.50. The molecule has 3 heteroatoms. The monoisotopic (exact) mass is 221 g/mol. The summed E-state index contributed by atoms with van der Waals surface area (Å²) in [7, 11) is 0. The van der Waals surface area contributed by atoms with Crippen LogP contribution in [0.3, 0.4) is 0 Å². The molecule has 2 heterocycles. The second kappa shape index (κ2) is 3.20. The van der Waals surface area contributed by atoms with Crippen LogP contribution in [0.15, 0.2) is 16.2 Å². The molecule has 0 unspecified atom stereocenters. The van der Waals surface area contributed by atoms with Crippen molar-refractivity contribution in [3.8, 4) is 0 Å². The highest BCUT2D eigenvalue weighted by Gasteiger charge is 2.19. The number of pyridine rings is 1. The van der Waals surface area contributed by atoms with E-state index in [1.54, 1.807) is 0 Å². The van der Waals surface area contributed by atoms with Gasteiger partial charge in [-0.2, -0.15) is 0 Å². The van der Waals surface area contributed by atoms with Crippen molar-refractivity contribution in [2.45, 2.75) is 33.1 Å². The van der Waals surface area contributed by atoms with Gasteiger partial charge in [-0.05, 0) is 23.9 Å². The lowest BCUT2D eigenvalue weighted by molar-refractivity contribution is 0.564. The molecular formula is C12H15NOS. The Morgan fingerprint density at radius 3 is 2.60 bits per heavy atom. The predicted molar refractivity (Wildman–Crippen MR) is 65.9 cm³/mol. The van der Waals surface area contributed by atoms with Crippen molar-refractivity contribution in [3.05, 3.63) is 33.1 Å². The van der Waals surface area contributed by atoms with E-state index in [1.807, 2.05) is 11.4 Å². The summed E-state index contributed by atoms with van der Waals surface area (Å²) in [6, 6.07) is 2.03. The number of nitrogens with one attached hydrogen (secondary N) is 1. The van der Waals surface area contributed by atoms with Gasteiger partial charge < -0.3 is 4.98 Å². The second-order valence-corrected chi connectivity index (χ2v) is 5.78. The van der Waals surface area contributed by atoms with Crippen molar-refractivity contribution in [2.75, 3.05) is 0 Å². The van der Waals surface area contributed by atoms with Gasteiger partial charge in [-0.1, -0.05) is 20.8 Å². The van der Waals surface area contributed by atoms with Crippen LogP contribution >= 0.6 is 11.3 Å². The molecule has 2 nitrogen and oxygen atoms in total. The first-order chi connectivity index (χ1) is 6.91. The Labute approximate surface area is 93.0 Å². The van der Waals surface area contributed by atoms with E-state index in [9.17, 15) is 4.79 Å². The molecule has 0 aromatic carbocycles. The van der Waals surface area contributed by atoms with E-state index in [0.29, 0.717) is 0 Å². The van der Waals surface area contributed by atoms with Crippen LogP contribution in [0.5, 0.6) is 0 Å². The quantitative estimate of drug-likeness (QED) is 0.728. The number of aryl methyl sites for hydroxylation is 1. The molecule has 2 rings (SSSR count). The van der Waals surface area contributed by atoms with Crippen LogP contribution in [0.1, 0.15) is 32.0 Å². The van der Waals surface area contributed by atoms with Crippen LogP contribution in [0.4, 0.5) is 0 Å². The largest absolute Gasteiger partial charge is 0.324 e. The number of rotatable bonds is 0. The summed E-state index contributed by atoms with van der Waals surface area (Å²) in [6.45, 7) is 8.42. The third kappa shape index (κ3) is 1.61. The maximum atomic E-state index is 11.8. The molecule has 0 aliphatic heterocycles. The third-order valence-electron chi connectivity index (χ3n) is 2.64. The van der Waals surface area contributed by atoms with Gasteiger partial charge in [0.25, 0.3) is 5.56 Å². The smallest absolute Gasteiger partial charge is 0.266 e. The molecule has 0 aliphatic rings. The van der Waals surface area contributed by atoms with Gasteiger partial charge >= 0.3 is 0 Å². The standard InChI is InChI=1S/C12H15NOS/c1-7-8-5-6-15-9(8)11(14)13-10(7)12(2,3)4/h5-6H,1-4H3,(H,13,14). The van der Waals surface area contributed by atoms with Crippen molar-refractivity contribution in [3.63, 3.8) is 0 Å². The summed E-state index contributed by atoms with van der Waals surface area (Å²) in [5, 5.41) is 3.06. The van der Waals surface area contributed by atoms with E-state index in [2.05, 4.69) is 32.7 Å². The fourth-order valence-electron chi connectivity index (χ4n) is 1.93. The predicted octanol–water partition coefficient (Wildman–Crippen LogP) is 3.20. The molecule has 15 heavy (non-hydrogen) atoms. The molecule has 0 spiro atoms. The maximum Gasteiger partial charge on any atom is 0.266 e. The van der Waals surface area contributed by atoms with Crippen molar-refractivity contribution in [1.29, 1.82) is 0 Å². The average Bonchev–Trinajstić information content (AvgIpc) is 2.58. The Bertz CT molecular complexity index is 557. The number of hydrogen-bond acceptors (Lipinski definition) is 2. The van der Waals surface area contributed by atoms with Crippen LogP contribution in [-0.4, -0.2) is 4.98 Å². The topological polar surface area (TPSA) is 32.9 Å². The van der Waals surface area contributed by atoms with Crippen molar-refractivity contribution < 1.29 is 0 Å². The van der Waals surface area contributed by atoms with E-state index in [1.165, 1.54) is 16.9 Å². The van der Waals surface area contributed by atoms with Crippen LogP contribution in [0.2, 0.25) is 0 Å². The number of H-pyrrole nitrogens is 1. The van der Waals surface area contributed by atoms with Gasteiger partial charge in [-0.25, -0.2) is 0 Å². The summed E-state index contributed by atoms with van der Waals surface area (Å²) in [5.74, 6) is 0. The van der Waals surface area contributed by atoms with Gasteiger partial charge in [-0.3, -0.25) is 4.79 Å². The van der Waals surface area contributed by atoms with E-state index in [0.717, 1.165) is 15.8 Å². The van der Waals surface area contributed by atoms with E-state index in [4.69, 9.17) is 0 Å². The normalized spacial score (nSPS) is 12.3. The molecular weight excluding hydrogens is 206 g/mol. The SMILES string of the molecule is Cc1c(C(C)(C)C)[nH]c(=O)c2sccc12. The van der Waals surface area contributed by atoms with Crippen molar-refractivity contribution >= 4 is 21.4 Å². The van der Waals surface area contributed by atoms with Gasteiger partial charge in [0.15, 0.2) is 0 Å². The van der Waals surface area contributed by atoms with Gasteiger partial charge in [0.05, 0.1) is 4.70 Å². The number of thiophene rings is 1. The number of fused-ring (bicyclic) bond motifs is 1. The number of hydrogen-bond donors (Lipinski definition) is 1. The van der Waals surface area contributed by atoms with E-state index >= 15 is 0 Å². The Morgan fingerprint density at radius 1 is 1.33 bits per heavy atom. The highest BCUT2D eigenvalue weighted by atomic mass is 32.1. The lowest BCUT2D eigenvalue weighted by Gasteiger charge is -2.21. The van der Waals surface area contributed by atoms with Gasteiger partial charge in [-0.15, -0.1) is 11.3 Å². The first-order valence-corrected chi connectivity index (χ1v) is 5.90. The minimum atomic E-state index is -0.0145. The van der Waals surface area contributed by atoms with Crippen molar-refractivity contribution in [1.82, 2.24) is 4.98 Å². The van der Waals surface area contributed by atoms with Gasteiger partial charge in [0.2, 0.25) is 0 Å². The van der Waals surface area contributed by atoms with Gasteiger partial charge in [0, 0.05) is 16.5 Å². The molecule has 2 aromatic heterocycles. The highest BCUT2D eigenvalue weighted by Crippen LogP contribution is 2.28. The lowest BCUT2D eigenvalue weighted by atomic mass is 9.88. The van der Waals surface area contributed by atoms with E-state index in [-0.39, 0.29) is 11.0 Å². The molecule has 0 fully saturated rings. The number of aromatic amines is 1. The number of aromatic nitrogens is 1. The van der Waals surface area contributed by atoms with Crippen LogP contribution in [0, 0.1) is 6.92 Å². The van der Waals surface area contributed by atoms with Crippen LogP contribution in [0.25, 0.3) is 10.1 Å². The van der Waals surface area contributed by atoms with Crippen LogP contribution < -0.4 is 5.56 Å². The maximum absolute atomic E-state index is 11.8. The second-order valence-electron chi connectivity index (χ2n) is 4.87. The van der Waals surface area contributed by atoms with Crippen LogP contribution in [-0.2, 0) is 5.41 Å². The molecule has 0 atom stereocenters. The fraction of sp³-hybridized carbons (Fsp3) is 0.417. The molecule has 80 valence electrons. The highest BCUT2D eigenvalue weighted by molar-refractivity contribution is 7.17. The summed E-state index contributed by atoms with van der Waals surface area (Å²) in [6.07, 6.45) is 0. The van der Waals surface area contributed by atoms with Crippen molar-refractivity contribution in [2.24, 2.45) is 0 Å². The first-order valence-electron chi connectivity index (χ1n) is 5.02. The molecule has 0 saturated heterocycles. The van der Waals surface area contributed by atoms with Gasteiger partial charge in [0.1, 0.15) is 0 Å². The Hall–Kier alpha value is -1.09. The summed E-state index contributed by atoms with van der Waals surface area (Å²) in [5.41, 5.74) is 2.26. The zero-order chi connectivity index (χ0) is 11.2. The minimum Gasteiger partial charge on any atom is -0.324 e. The Balaban J connectivity index is 2.89. The molecule has 1 N–H and O–H groups in total. The molecule has 0 bridgehead atoms. The first kappa shape index (κ1) is 10.4. The zero-order valence-corrected chi connectivity index (χ0v) is 10.3. The molecule has 0 aliphatic carbocycles. The molecule has 0 amide bonds. The molecule has 0 radical (unpaired) electrons. The third-order valence-corrected chi connectivity index (χ3v) is 3.55. The minimum absolute atomic E-state index is 0.0145. The van der Waals surface area contributed by atoms with E-state index < -0.39 is 0 Å². The fourth-order valence-corrected chi connectivity index (χ4v) is 2.78.